The molecule has 1 saturated heterocycles. The molecule has 27 heavy (non-hydrogen) atoms. The van der Waals surface area contributed by atoms with Crippen LogP contribution in [-0.4, -0.2) is 47.7 Å². The molecule has 0 radical (unpaired) electrons. The quantitative estimate of drug-likeness (QED) is 0.653. The second-order valence-corrected chi connectivity index (χ2v) is 8.23. The molecule has 2 unspecified atom stereocenters. The Morgan fingerprint density at radius 2 is 1.96 bits per heavy atom. The highest BCUT2D eigenvalue weighted by atomic mass is 16.4. The van der Waals surface area contributed by atoms with Crippen molar-refractivity contribution in [2.45, 2.75) is 57.5 Å². The monoisotopic (exact) mass is 369 g/mol. The predicted molar refractivity (Wildman–Crippen MR) is 106 cm³/mol. The van der Waals surface area contributed by atoms with Gasteiger partial charge in [-0.2, -0.15) is 5.26 Å². The SMILES string of the molecule is C[C@@H]1CC1NC(C#N)C1CCN(CCCCc2ccc(C(=O)O)cc2)CC1. The zero-order valence-corrected chi connectivity index (χ0v) is 16.2. The van der Waals surface area contributed by atoms with Crippen LogP contribution in [0.2, 0.25) is 0 Å². The van der Waals surface area contributed by atoms with E-state index in [1.165, 1.54) is 12.0 Å². The van der Waals surface area contributed by atoms with E-state index in [0.29, 0.717) is 17.5 Å². The summed E-state index contributed by atoms with van der Waals surface area (Å²) in [6.45, 7) is 5.55. The molecule has 0 amide bonds. The van der Waals surface area contributed by atoms with Gasteiger partial charge in [0.25, 0.3) is 0 Å². The first-order chi connectivity index (χ1) is 13.1. The number of hydrogen-bond donors (Lipinski definition) is 2. The number of nitrogens with one attached hydrogen (secondary N) is 1. The van der Waals surface area contributed by atoms with Crippen LogP contribution < -0.4 is 5.32 Å². The second-order valence-electron chi connectivity index (χ2n) is 8.23. The number of unbranched alkanes of at least 4 members (excludes halogenated alkanes) is 1. The van der Waals surface area contributed by atoms with Gasteiger partial charge in [-0.25, -0.2) is 4.79 Å². The van der Waals surface area contributed by atoms with Gasteiger partial charge in [-0.15, -0.1) is 0 Å². The Hall–Kier alpha value is -1.90. The van der Waals surface area contributed by atoms with Crippen LogP contribution in [0, 0.1) is 23.2 Å². The number of piperidine rings is 1. The Morgan fingerprint density at radius 1 is 1.30 bits per heavy atom. The molecule has 1 aliphatic carbocycles. The summed E-state index contributed by atoms with van der Waals surface area (Å²) in [5.41, 5.74) is 1.55. The van der Waals surface area contributed by atoms with Crippen molar-refractivity contribution in [3.05, 3.63) is 35.4 Å². The van der Waals surface area contributed by atoms with E-state index in [1.54, 1.807) is 12.1 Å². The minimum Gasteiger partial charge on any atom is -0.478 e. The maximum Gasteiger partial charge on any atom is 0.335 e. The van der Waals surface area contributed by atoms with Crippen LogP contribution in [0.15, 0.2) is 24.3 Å². The molecule has 1 saturated carbocycles. The fourth-order valence-electron chi connectivity index (χ4n) is 4.05. The Balaban J connectivity index is 1.31. The van der Waals surface area contributed by atoms with Crippen molar-refractivity contribution in [3.63, 3.8) is 0 Å². The standard InChI is InChI=1S/C22H31N3O2/c1-16-14-20(16)24-21(15-23)18-9-12-25(13-10-18)11-3-2-4-17-5-7-19(8-6-17)22(26)27/h5-8,16,18,20-21,24H,2-4,9-14H2,1H3,(H,26,27)/t16-,20?,21?/m1/s1. The Bertz CT molecular complexity index is 659. The van der Waals surface area contributed by atoms with Gasteiger partial charge in [0, 0.05) is 6.04 Å². The van der Waals surface area contributed by atoms with Crippen LogP contribution in [0.4, 0.5) is 0 Å². The number of carboxylic acids is 1. The summed E-state index contributed by atoms with van der Waals surface area (Å²) in [5, 5.41) is 22.0. The fourth-order valence-corrected chi connectivity index (χ4v) is 4.05. The smallest absolute Gasteiger partial charge is 0.335 e. The molecule has 5 heteroatoms. The molecule has 1 aromatic rings. The second kappa shape index (κ2) is 9.34. The molecular weight excluding hydrogens is 338 g/mol. The Morgan fingerprint density at radius 3 is 2.52 bits per heavy atom. The van der Waals surface area contributed by atoms with Crippen molar-refractivity contribution in [2.24, 2.45) is 11.8 Å². The molecule has 2 aliphatic rings. The van der Waals surface area contributed by atoms with Gasteiger partial charge in [-0.05, 0) is 87.7 Å². The van der Waals surface area contributed by atoms with E-state index in [4.69, 9.17) is 5.11 Å². The van der Waals surface area contributed by atoms with Gasteiger partial charge in [-0.3, -0.25) is 5.32 Å². The molecule has 3 rings (SSSR count). The number of rotatable bonds is 9. The highest BCUT2D eigenvalue weighted by Crippen LogP contribution is 2.31. The van der Waals surface area contributed by atoms with Crippen LogP contribution in [-0.2, 0) is 6.42 Å². The molecule has 2 fully saturated rings. The van der Waals surface area contributed by atoms with Gasteiger partial charge in [0.05, 0.1) is 17.7 Å². The molecule has 1 aromatic carbocycles. The van der Waals surface area contributed by atoms with Gasteiger partial charge in [0.15, 0.2) is 0 Å². The highest BCUT2D eigenvalue weighted by Gasteiger charge is 2.36. The number of aromatic carboxylic acids is 1. The summed E-state index contributed by atoms with van der Waals surface area (Å²) in [4.78, 5) is 13.4. The van der Waals surface area contributed by atoms with E-state index in [0.717, 1.165) is 57.7 Å². The van der Waals surface area contributed by atoms with Crippen LogP contribution in [0.25, 0.3) is 0 Å². The maximum absolute atomic E-state index is 10.9. The molecule has 146 valence electrons. The molecule has 0 bridgehead atoms. The summed E-state index contributed by atoms with van der Waals surface area (Å²) in [6.07, 6.45) is 6.72. The number of carbonyl (C=O) groups is 1. The third-order valence-electron chi connectivity index (χ3n) is 6.14. The van der Waals surface area contributed by atoms with Crippen molar-refractivity contribution in [3.8, 4) is 6.07 Å². The minimum absolute atomic E-state index is 0.0240. The number of nitrogens with zero attached hydrogens (tertiary/aromatic N) is 2. The van der Waals surface area contributed by atoms with Crippen molar-refractivity contribution in [1.29, 1.82) is 5.26 Å². The summed E-state index contributed by atoms with van der Waals surface area (Å²) >= 11 is 0. The summed E-state index contributed by atoms with van der Waals surface area (Å²) in [7, 11) is 0. The minimum atomic E-state index is -0.870. The molecule has 1 aliphatic heterocycles. The zero-order chi connectivity index (χ0) is 19.2. The van der Waals surface area contributed by atoms with Gasteiger partial charge >= 0.3 is 5.97 Å². The Kier molecular flexibility index (Phi) is 6.87. The van der Waals surface area contributed by atoms with Gasteiger partial charge in [0.2, 0.25) is 0 Å². The molecular formula is C22H31N3O2. The lowest BCUT2D eigenvalue weighted by atomic mass is 9.89. The van der Waals surface area contributed by atoms with E-state index >= 15 is 0 Å². The third-order valence-corrected chi connectivity index (χ3v) is 6.14. The molecule has 2 N–H and O–H groups in total. The predicted octanol–water partition coefficient (Wildman–Crippen LogP) is 3.31. The van der Waals surface area contributed by atoms with Crippen molar-refractivity contribution >= 4 is 5.97 Å². The lowest BCUT2D eigenvalue weighted by Crippen LogP contribution is -2.43. The van der Waals surface area contributed by atoms with Crippen molar-refractivity contribution < 1.29 is 9.90 Å². The van der Waals surface area contributed by atoms with Crippen LogP contribution in [0.3, 0.4) is 0 Å². The average molecular weight is 370 g/mol. The van der Waals surface area contributed by atoms with E-state index < -0.39 is 5.97 Å². The van der Waals surface area contributed by atoms with Crippen molar-refractivity contribution in [2.75, 3.05) is 19.6 Å². The van der Waals surface area contributed by atoms with Gasteiger partial charge < -0.3 is 10.0 Å². The van der Waals surface area contributed by atoms with Gasteiger partial charge in [-0.1, -0.05) is 19.1 Å². The van der Waals surface area contributed by atoms with Gasteiger partial charge in [0.1, 0.15) is 0 Å². The van der Waals surface area contributed by atoms with Crippen molar-refractivity contribution in [1.82, 2.24) is 10.2 Å². The number of benzene rings is 1. The van der Waals surface area contributed by atoms with Crippen LogP contribution in [0.1, 0.15) is 54.9 Å². The first-order valence-corrected chi connectivity index (χ1v) is 10.3. The Labute approximate surface area is 162 Å². The first-order valence-electron chi connectivity index (χ1n) is 10.3. The van der Waals surface area contributed by atoms with E-state index in [-0.39, 0.29) is 6.04 Å². The molecule has 0 aromatic heterocycles. The average Bonchev–Trinajstić information content (AvgIpc) is 3.39. The lowest BCUT2D eigenvalue weighted by Gasteiger charge is -2.34. The number of carboxylic acid groups (broad SMARTS) is 1. The zero-order valence-electron chi connectivity index (χ0n) is 16.2. The van der Waals surface area contributed by atoms with E-state index in [2.05, 4.69) is 23.2 Å². The number of likely N-dealkylation sites (tertiary alicyclic amines) is 1. The maximum atomic E-state index is 10.9. The topological polar surface area (TPSA) is 76.4 Å². The number of nitriles is 1. The highest BCUT2D eigenvalue weighted by molar-refractivity contribution is 5.87. The lowest BCUT2D eigenvalue weighted by molar-refractivity contribution is 0.0697. The first kappa shape index (κ1) is 19.9. The molecule has 3 atom stereocenters. The molecule has 0 spiro atoms. The molecule has 1 heterocycles. The molecule has 5 nitrogen and oxygen atoms in total. The van der Waals surface area contributed by atoms with E-state index in [1.807, 2.05) is 12.1 Å². The number of hydrogen-bond acceptors (Lipinski definition) is 4. The number of aryl methyl sites for hydroxylation is 1. The largest absolute Gasteiger partial charge is 0.478 e. The van der Waals surface area contributed by atoms with Crippen LogP contribution >= 0.6 is 0 Å². The third kappa shape index (κ3) is 5.79. The van der Waals surface area contributed by atoms with E-state index in [9.17, 15) is 10.1 Å². The summed E-state index contributed by atoms with van der Waals surface area (Å²) in [5.74, 6) is 0.360. The fraction of sp³-hybridized carbons (Fsp3) is 0.636. The summed E-state index contributed by atoms with van der Waals surface area (Å²) < 4.78 is 0. The normalized spacial score (nSPS) is 24.3. The van der Waals surface area contributed by atoms with Crippen LogP contribution in [0.5, 0.6) is 0 Å². The summed E-state index contributed by atoms with van der Waals surface area (Å²) in [6, 6.07) is 10.3.